The highest BCUT2D eigenvalue weighted by Gasteiger charge is 2.25. The molecule has 12 heteroatoms. The Morgan fingerprint density at radius 1 is 1.27 bits per heavy atom. The summed E-state index contributed by atoms with van der Waals surface area (Å²) in [6.07, 6.45) is 3.04. The maximum atomic E-state index is 13.6. The van der Waals surface area contributed by atoms with Gasteiger partial charge in [0.1, 0.15) is 21.3 Å². The van der Waals surface area contributed by atoms with Crippen LogP contribution in [-0.2, 0) is 26.4 Å². The molecule has 9 nitrogen and oxygen atoms in total. The van der Waals surface area contributed by atoms with Crippen LogP contribution in [0.3, 0.4) is 0 Å². The largest absolute Gasteiger partial charge is 0.469 e. The minimum atomic E-state index is -0.663. The highest BCUT2D eigenvalue weighted by Crippen LogP contribution is 2.30. The number of esters is 2. The Balaban J connectivity index is 1.66. The molecule has 1 N–H and O–H groups in total. The molecular weight excluding hydrogens is 471 g/mol. The van der Waals surface area contributed by atoms with E-state index in [2.05, 4.69) is 19.7 Å². The summed E-state index contributed by atoms with van der Waals surface area (Å²) in [6.45, 7) is 0. The maximum absolute atomic E-state index is 13.6. The third-order valence-electron chi connectivity index (χ3n) is 4.66. The quantitative estimate of drug-likeness (QED) is 0.312. The number of nitrogens with zero attached hydrogens (tertiary/aromatic N) is 3. The van der Waals surface area contributed by atoms with E-state index in [0.29, 0.717) is 21.5 Å². The third kappa shape index (κ3) is 4.66. The van der Waals surface area contributed by atoms with Crippen LogP contribution in [0.1, 0.15) is 21.1 Å². The topological polar surface area (TPSA) is 116 Å². The monoisotopic (exact) mass is 488 g/mol. The number of fused-ring (bicyclic) bond motifs is 1. The lowest BCUT2D eigenvalue weighted by Gasteiger charge is -2.07. The number of carbonyl (C=O) groups excluding carboxylic acids is 2. The van der Waals surface area contributed by atoms with E-state index in [-0.39, 0.29) is 33.8 Å². The van der Waals surface area contributed by atoms with Crippen LogP contribution in [0.2, 0.25) is 0 Å². The normalized spacial score (nSPS) is 11.0. The van der Waals surface area contributed by atoms with Gasteiger partial charge in [-0.05, 0) is 18.2 Å². The molecule has 3 heterocycles. The second-order valence-corrected chi connectivity index (χ2v) is 8.64. The van der Waals surface area contributed by atoms with E-state index in [1.807, 2.05) is 0 Å². The minimum absolute atomic E-state index is 0.127. The molecule has 0 aliphatic rings. The Hall–Kier alpha value is -3.51. The first-order valence-corrected chi connectivity index (χ1v) is 11.3. The predicted octanol–water partition coefficient (Wildman–Crippen LogP) is 3.10. The first-order chi connectivity index (χ1) is 15.9. The number of benzene rings is 1. The number of thiophene rings is 1. The summed E-state index contributed by atoms with van der Waals surface area (Å²) in [5.74, 6) is -1.01. The van der Waals surface area contributed by atoms with Crippen LogP contribution in [0.15, 0.2) is 46.6 Å². The van der Waals surface area contributed by atoms with Crippen molar-refractivity contribution >= 4 is 45.3 Å². The van der Waals surface area contributed by atoms with Crippen molar-refractivity contribution in [2.24, 2.45) is 0 Å². The van der Waals surface area contributed by atoms with E-state index in [0.717, 1.165) is 11.3 Å². The molecule has 0 saturated heterocycles. The molecule has 4 rings (SSSR count). The number of imidazole rings is 1. The Kier molecular flexibility index (Phi) is 6.56. The fourth-order valence-corrected chi connectivity index (χ4v) is 5.15. The van der Waals surface area contributed by atoms with E-state index < -0.39 is 17.5 Å². The number of thioether (sulfide) groups is 1. The van der Waals surface area contributed by atoms with Crippen LogP contribution < -0.4 is 5.56 Å². The van der Waals surface area contributed by atoms with Crippen LogP contribution in [0, 0.1) is 5.82 Å². The number of carbonyl (C=O) groups is 2. The number of H-pyrrole nitrogens is 1. The Morgan fingerprint density at radius 3 is 2.82 bits per heavy atom. The van der Waals surface area contributed by atoms with Crippen LogP contribution in [0.25, 0.3) is 15.9 Å². The highest BCUT2D eigenvalue weighted by atomic mass is 32.2. The zero-order valence-electron chi connectivity index (χ0n) is 17.5. The molecule has 4 aromatic rings. The van der Waals surface area contributed by atoms with Crippen molar-refractivity contribution in [2.75, 3.05) is 14.2 Å². The van der Waals surface area contributed by atoms with Gasteiger partial charge in [0, 0.05) is 18.0 Å². The lowest BCUT2D eigenvalue weighted by atomic mass is 10.1. The summed E-state index contributed by atoms with van der Waals surface area (Å²) < 4.78 is 24.8. The van der Waals surface area contributed by atoms with Crippen molar-refractivity contribution in [3.05, 3.63) is 69.1 Å². The smallest absolute Gasteiger partial charge is 0.348 e. The molecule has 0 unspecified atom stereocenters. The first-order valence-electron chi connectivity index (χ1n) is 9.53. The number of hydrogen-bond acceptors (Lipinski definition) is 9. The van der Waals surface area contributed by atoms with Gasteiger partial charge in [-0.1, -0.05) is 17.8 Å². The average molecular weight is 489 g/mol. The standard InChI is InChI=1S/C21H17FN4O5S2/c1-30-15(27)9-13-16-18(28)24-14(25-19(16)33-17(13)20(29)31-2)10-32-21-23-6-7-26(21)12-5-3-4-11(22)8-12/h3-8H,9-10H2,1-2H3,(H,24,25,28). The number of hydrogen-bond donors (Lipinski definition) is 1. The molecule has 0 spiro atoms. The van der Waals surface area contributed by atoms with Gasteiger partial charge < -0.3 is 14.5 Å². The number of nitrogens with one attached hydrogen (secondary N) is 1. The number of halogens is 1. The number of ether oxygens (including phenoxy) is 2. The zero-order chi connectivity index (χ0) is 23.5. The van der Waals surface area contributed by atoms with Crippen molar-refractivity contribution < 1.29 is 23.5 Å². The fraction of sp³-hybridized carbons (Fsp3) is 0.190. The third-order valence-corrected chi connectivity index (χ3v) is 6.74. The molecule has 0 amide bonds. The van der Waals surface area contributed by atoms with Crippen molar-refractivity contribution in [2.45, 2.75) is 17.3 Å². The zero-order valence-corrected chi connectivity index (χ0v) is 19.1. The van der Waals surface area contributed by atoms with Gasteiger partial charge in [-0.25, -0.2) is 19.2 Å². The first kappa shape index (κ1) is 22.7. The van der Waals surface area contributed by atoms with Crippen molar-refractivity contribution in [3.63, 3.8) is 0 Å². The molecule has 3 aromatic heterocycles. The van der Waals surface area contributed by atoms with Crippen LogP contribution >= 0.6 is 23.1 Å². The molecule has 33 heavy (non-hydrogen) atoms. The predicted molar refractivity (Wildman–Crippen MR) is 120 cm³/mol. The van der Waals surface area contributed by atoms with E-state index in [1.165, 1.54) is 38.1 Å². The summed E-state index contributed by atoms with van der Waals surface area (Å²) >= 11 is 2.27. The van der Waals surface area contributed by atoms with Crippen molar-refractivity contribution in [1.82, 2.24) is 19.5 Å². The van der Waals surface area contributed by atoms with Gasteiger partial charge in [-0.3, -0.25) is 14.2 Å². The summed E-state index contributed by atoms with van der Waals surface area (Å²) in [5, 5.41) is 0.733. The molecule has 0 fully saturated rings. The summed E-state index contributed by atoms with van der Waals surface area (Å²) in [4.78, 5) is 48.8. The summed E-state index contributed by atoms with van der Waals surface area (Å²) in [7, 11) is 2.44. The van der Waals surface area contributed by atoms with Gasteiger partial charge >= 0.3 is 11.9 Å². The molecular formula is C21H17FN4O5S2. The summed E-state index contributed by atoms with van der Waals surface area (Å²) in [6, 6.07) is 6.10. The Labute approximate surface area is 194 Å². The minimum Gasteiger partial charge on any atom is -0.469 e. The summed E-state index contributed by atoms with van der Waals surface area (Å²) in [5.41, 5.74) is 0.359. The van der Waals surface area contributed by atoms with Gasteiger partial charge in [-0.2, -0.15) is 0 Å². The second-order valence-electron chi connectivity index (χ2n) is 6.70. The lowest BCUT2D eigenvalue weighted by Crippen LogP contribution is -2.15. The Morgan fingerprint density at radius 2 is 2.09 bits per heavy atom. The van der Waals surface area contributed by atoms with Gasteiger partial charge in [0.25, 0.3) is 5.56 Å². The van der Waals surface area contributed by atoms with Crippen LogP contribution in [0.5, 0.6) is 0 Å². The van der Waals surface area contributed by atoms with Gasteiger partial charge in [0.05, 0.1) is 37.5 Å². The van der Waals surface area contributed by atoms with Crippen molar-refractivity contribution in [1.29, 1.82) is 0 Å². The number of aromatic amines is 1. The molecule has 1 aromatic carbocycles. The molecule has 0 radical (unpaired) electrons. The molecule has 0 aliphatic carbocycles. The van der Waals surface area contributed by atoms with E-state index >= 15 is 0 Å². The van der Waals surface area contributed by atoms with Gasteiger partial charge in [0.15, 0.2) is 5.16 Å². The number of rotatable bonds is 7. The maximum Gasteiger partial charge on any atom is 0.348 e. The molecule has 0 saturated carbocycles. The molecule has 0 aliphatic heterocycles. The fourth-order valence-electron chi connectivity index (χ4n) is 3.17. The highest BCUT2D eigenvalue weighted by molar-refractivity contribution is 7.98. The van der Waals surface area contributed by atoms with Gasteiger partial charge in [-0.15, -0.1) is 11.3 Å². The van der Waals surface area contributed by atoms with Crippen LogP contribution in [-0.4, -0.2) is 45.7 Å². The van der Waals surface area contributed by atoms with E-state index in [4.69, 9.17) is 4.74 Å². The molecule has 0 atom stereocenters. The van der Waals surface area contributed by atoms with Crippen molar-refractivity contribution in [3.8, 4) is 5.69 Å². The number of methoxy groups -OCH3 is 2. The number of aromatic nitrogens is 4. The SMILES string of the molecule is COC(=O)Cc1c(C(=O)OC)sc2nc(CSc3nccn3-c3cccc(F)c3)[nH]c(=O)c12. The lowest BCUT2D eigenvalue weighted by molar-refractivity contribution is -0.139. The van der Waals surface area contributed by atoms with Gasteiger partial charge in [0.2, 0.25) is 0 Å². The van der Waals surface area contributed by atoms with E-state index in [9.17, 15) is 18.8 Å². The second kappa shape index (κ2) is 9.55. The average Bonchev–Trinajstić information content (AvgIpc) is 3.42. The van der Waals surface area contributed by atoms with Crippen LogP contribution in [0.4, 0.5) is 4.39 Å². The Bertz CT molecular complexity index is 1410. The molecule has 170 valence electrons. The van der Waals surface area contributed by atoms with E-state index in [1.54, 1.807) is 29.1 Å². The molecule has 0 bridgehead atoms.